The summed E-state index contributed by atoms with van der Waals surface area (Å²) in [6.07, 6.45) is 30.8. The van der Waals surface area contributed by atoms with E-state index in [-0.39, 0.29) is 0 Å². The molecule has 0 aliphatic carbocycles. The number of aliphatic hydroxyl groups is 2. The molecule has 1 aromatic carbocycles. The molecule has 8 heteroatoms. The van der Waals surface area contributed by atoms with Crippen LogP contribution in [0.1, 0.15) is 174 Å². The molecule has 1 rings (SSSR count). The summed E-state index contributed by atoms with van der Waals surface area (Å²) in [5.41, 5.74) is -0.173. The first-order valence-electron chi connectivity index (χ1n) is 20.5. The molecule has 282 valence electrons. The molecular formula is C40H78N4O4. The highest BCUT2D eigenvalue weighted by Gasteiger charge is 2.21. The maximum atomic E-state index is 11.9. The molecular weight excluding hydrogens is 600 g/mol. The second-order valence-corrected chi connectivity index (χ2v) is 14.4. The van der Waals surface area contributed by atoms with E-state index in [1.807, 2.05) is 0 Å². The first-order valence-corrected chi connectivity index (χ1v) is 20.5. The Morgan fingerprint density at radius 1 is 0.521 bits per heavy atom. The van der Waals surface area contributed by atoms with E-state index in [2.05, 4.69) is 34.7 Å². The van der Waals surface area contributed by atoms with Gasteiger partial charge in [0.1, 0.15) is 11.4 Å². The van der Waals surface area contributed by atoms with Crippen LogP contribution in [0.2, 0.25) is 0 Å². The first-order chi connectivity index (χ1) is 23.5. The largest absolute Gasteiger partial charge is 0.389 e. The second kappa shape index (κ2) is 31.5. The molecule has 0 bridgehead atoms. The van der Waals surface area contributed by atoms with Crippen molar-refractivity contribution in [2.75, 3.05) is 56.9 Å². The van der Waals surface area contributed by atoms with E-state index < -0.39 is 23.1 Å². The van der Waals surface area contributed by atoms with E-state index in [0.29, 0.717) is 31.0 Å². The SMILES string of the molecule is CCCCCCCCCCCCCCNCC(O)C(O)CN(CCCCCCCCCCCCCC)CCCNc1c(NC)c(=O)c1=O. The van der Waals surface area contributed by atoms with Gasteiger partial charge in [0.05, 0.1) is 12.2 Å². The standard InChI is InChI=1S/C40H78N4O4/c1-4-6-8-10-12-14-16-18-20-22-24-26-29-42-33-35(45)36(46)34-44(32-28-30-43-38-37(41-3)39(47)40(38)48)31-27-25-23-21-19-17-15-13-11-9-7-5-2/h35-36,41-43,45-46H,4-34H2,1-3H3. The molecule has 0 heterocycles. The molecule has 0 aliphatic heterocycles. The van der Waals surface area contributed by atoms with Crippen LogP contribution in [0.3, 0.4) is 0 Å². The Balaban J connectivity index is 2.27. The van der Waals surface area contributed by atoms with E-state index in [4.69, 9.17) is 0 Å². The van der Waals surface area contributed by atoms with Gasteiger partial charge in [-0.2, -0.15) is 0 Å². The van der Waals surface area contributed by atoms with Crippen molar-refractivity contribution in [3.8, 4) is 0 Å². The van der Waals surface area contributed by atoms with E-state index in [9.17, 15) is 19.8 Å². The molecule has 0 radical (unpaired) electrons. The monoisotopic (exact) mass is 679 g/mol. The second-order valence-electron chi connectivity index (χ2n) is 14.4. The molecule has 2 unspecified atom stereocenters. The van der Waals surface area contributed by atoms with Crippen molar-refractivity contribution in [2.45, 2.75) is 187 Å². The molecule has 0 saturated carbocycles. The summed E-state index contributed by atoms with van der Waals surface area (Å²) in [6, 6.07) is 0. The molecule has 0 amide bonds. The van der Waals surface area contributed by atoms with Crippen LogP contribution in [-0.4, -0.2) is 73.6 Å². The van der Waals surface area contributed by atoms with Crippen molar-refractivity contribution in [3.05, 3.63) is 20.4 Å². The van der Waals surface area contributed by atoms with Gasteiger partial charge in [-0.1, -0.05) is 155 Å². The molecule has 48 heavy (non-hydrogen) atoms. The fourth-order valence-electron chi connectivity index (χ4n) is 6.65. The number of hydrogen-bond donors (Lipinski definition) is 5. The third kappa shape index (κ3) is 22.3. The molecule has 0 aromatic heterocycles. The average Bonchev–Trinajstić information content (AvgIpc) is 3.09. The van der Waals surface area contributed by atoms with E-state index in [1.165, 1.54) is 141 Å². The fourth-order valence-corrected chi connectivity index (χ4v) is 6.65. The van der Waals surface area contributed by atoms with Crippen molar-refractivity contribution in [3.63, 3.8) is 0 Å². The summed E-state index contributed by atoms with van der Waals surface area (Å²) in [4.78, 5) is 25.8. The van der Waals surface area contributed by atoms with Crippen molar-refractivity contribution >= 4 is 11.4 Å². The van der Waals surface area contributed by atoms with Crippen LogP contribution >= 0.6 is 0 Å². The molecule has 2 atom stereocenters. The zero-order valence-electron chi connectivity index (χ0n) is 31.7. The van der Waals surface area contributed by atoms with Crippen LogP contribution in [0.4, 0.5) is 11.4 Å². The van der Waals surface area contributed by atoms with Gasteiger partial charge in [0.15, 0.2) is 0 Å². The Labute approximate surface area is 295 Å². The van der Waals surface area contributed by atoms with Crippen molar-refractivity contribution in [1.29, 1.82) is 0 Å². The minimum atomic E-state index is -0.811. The number of unbranched alkanes of at least 4 members (excludes halogenated alkanes) is 22. The van der Waals surface area contributed by atoms with Crippen LogP contribution in [-0.2, 0) is 0 Å². The number of nitrogens with zero attached hydrogens (tertiary/aromatic N) is 1. The van der Waals surface area contributed by atoms with Gasteiger partial charge in [-0.3, -0.25) is 9.59 Å². The van der Waals surface area contributed by atoms with Crippen molar-refractivity contribution < 1.29 is 10.2 Å². The Hall–Kier alpha value is -1.48. The van der Waals surface area contributed by atoms with Crippen molar-refractivity contribution in [2.24, 2.45) is 0 Å². The number of nitrogens with one attached hydrogen (secondary N) is 3. The summed E-state index contributed by atoms with van der Waals surface area (Å²) in [5.74, 6) is 0. The lowest BCUT2D eigenvalue weighted by Crippen LogP contribution is -2.44. The third-order valence-electron chi connectivity index (χ3n) is 9.89. The minimum absolute atomic E-state index is 0.364. The maximum absolute atomic E-state index is 11.9. The minimum Gasteiger partial charge on any atom is -0.389 e. The highest BCUT2D eigenvalue weighted by molar-refractivity contribution is 5.73. The van der Waals surface area contributed by atoms with E-state index in [0.717, 1.165) is 38.9 Å². The zero-order chi connectivity index (χ0) is 35.1. The number of anilines is 2. The van der Waals surface area contributed by atoms with Gasteiger partial charge in [0, 0.05) is 26.7 Å². The molecule has 8 nitrogen and oxygen atoms in total. The lowest BCUT2D eigenvalue weighted by Gasteiger charge is -2.28. The third-order valence-corrected chi connectivity index (χ3v) is 9.89. The number of rotatable bonds is 37. The zero-order valence-corrected chi connectivity index (χ0v) is 31.7. The van der Waals surface area contributed by atoms with Crippen LogP contribution in [0, 0.1) is 0 Å². The van der Waals surface area contributed by atoms with Gasteiger partial charge in [-0.25, -0.2) is 0 Å². The lowest BCUT2D eigenvalue weighted by atomic mass is 10.1. The van der Waals surface area contributed by atoms with Crippen LogP contribution < -0.4 is 26.8 Å². The Morgan fingerprint density at radius 3 is 1.42 bits per heavy atom. The highest BCUT2D eigenvalue weighted by atomic mass is 16.3. The normalized spacial score (nSPS) is 13.0. The van der Waals surface area contributed by atoms with Crippen LogP contribution in [0.5, 0.6) is 0 Å². The number of aliphatic hydroxyl groups excluding tert-OH is 2. The van der Waals surface area contributed by atoms with Gasteiger partial charge in [0.25, 0.3) is 10.9 Å². The lowest BCUT2D eigenvalue weighted by molar-refractivity contribution is -0.00176. The molecule has 0 fully saturated rings. The molecule has 0 saturated heterocycles. The maximum Gasteiger partial charge on any atom is 0.253 e. The summed E-state index contributed by atoms with van der Waals surface area (Å²) in [6.45, 7) is 8.47. The Kier molecular flexibility index (Phi) is 29.2. The Bertz CT molecular complexity index is 920. The van der Waals surface area contributed by atoms with Crippen molar-refractivity contribution in [1.82, 2.24) is 10.2 Å². The van der Waals surface area contributed by atoms with E-state index in [1.54, 1.807) is 7.05 Å². The van der Waals surface area contributed by atoms with Gasteiger partial charge in [-0.05, 0) is 38.9 Å². The molecule has 1 aromatic rings. The molecule has 0 aliphatic rings. The average molecular weight is 679 g/mol. The first kappa shape index (κ1) is 44.5. The van der Waals surface area contributed by atoms with Gasteiger partial charge >= 0.3 is 0 Å². The summed E-state index contributed by atoms with van der Waals surface area (Å²) in [7, 11) is 1.65. The number of hydrogen-bond acceptors (Lipinski definition) is 8. The molecule has 5 N–H and O–H groups in total. The van der Waals surface area contributed by atoms with Gasteiger partial charge < -0.3 is 31.1 Å². The summed E-state index contributed by atoms with van der Waals surface area (Å²) >= 11 is 0. The highest BCUT2D eigenvalue weighted by Crippen LogP contribution is 2.15. The summed E-state index contributed by atoms with van der Waals surface area (Å²) < 4.78 is 0. The van der Waals surface area contributed by atoms with E-state index >= 15 is 0 Å². The fraction of sp³-hybridized carbons (Fsp3) is 0.900. The Morgan fingerprint density at radius 2 is 0.938 bits per heavy atom. The predicted octanol–water partition coefficient (Wildman–Crippen LogP) is 8.14. The van der Waals surface area contributed by atoms with Crippen LogP contribution in [0.15, 0.2) is 9.59 Å². The smallest absolute Gasteiger partial charge is 0.253 e. The van der Waals surface area contributed by atoms with Gasteiger partial charge in [-0.15, -0.1) is 0 Å². The van der Waals surface area contributed by atoms with Crippen LogP contribution in [0.25, 0.3) is 0 Å². The van der Waals surface area contributed by atoms with Gasteiger partial charge in [0.2, 0.25) is 0 Å². The quantitative estimate of drug-likeness (QED) is 0.0354. The molecule has 0 spiro atoms. The predicted molar refractivity (Wildman–Crippen MR) is 207 cm³/mol. The topological polar surface area (TPSA) is 114 Å². The summed E-state index contributed by atoms with van der Waals surface area (Å²) in [5, 5.41) is 30.8.